The van der Waals surface area contributed by atoms with Gasteiger partial charge >= 0.3 is 6.18 Å². The Morgan fingerprint density at radius 2 is 2.05 bits per heavy atom. The zero-order chi connectivity index (χ0) is 13.9. The van der Waals surface area contributed by atoms with E-state index in [1.807, 2.05) is 0 Å². The number of Topliss-reactive ketones (excluding diaryl/α,β-unsaturated/α-hetero) is 1. The molecule has 1 atom stereocenters. The molecule has 1 aliphatic rings. The van der Waals surface area contributed by atoms with Crippen LogP contribution in [-0.4, -0.2) is 18.9 Å². The molecule has 0 radical (unpaired) electrons. The highest BCUT2D eigenvalue weighted by Gasteiger charge is 2.35. The van der Waals surface area contributed by atoms with Gasteiger partial charge in [0.05, 0.1) is 5.56 Å². The fourth-order valence-electron chi connectivity index (χ4n) is 2.44. The summed E-state index contributed by atoms with van der Waals surface area (Å²) in [5, 5.41) is 3.16. The van der Waals surface area contributed by atoms with Crippen molar-refractivity contribution in [2.75, 3.05) is 13.1 Å². The van der Waals surface area contributed by atoms with Crippen LogP contribution in [0.15, 0.2) is 24.3 Å². The number of carbonyl (C=O) groups is 1. The maximum absolute atomic E-state index is 12.8. The first-order chi connectivity index (χ1) is 8.98. The molecule has 1 unspecified atom stereocenters. The van der Waals surface area contributed by atoms with Gasteiger partial charge in [0.2, 0.25) is 0 Å². The number of piperidine rings is 1. The molecule has 1 aliphatic heterocycles. The second-order valence-corrected chi connectivity index (χ2v) is 4.88. The minimum atomic E-state index is -4.48. The lowest BCUT2D eigenvalue weighted by Gasteiger charge is -2.22. The van der Waals surface area contributed by atoms with Crippen LogP contribution >= 0.6 is 0 Å². The van der Waals surface area contributed by atoms with Gasteiger partial charge in [0, 0.05) is 12.0 Å². The lowest BCUT2D eigenvalue weighted by atomic mass is 9.90. The zero-order valence-electron chi connectivity index (χ0n) is 10.5. The van der Waals surface area contributed by atoms with Crippen molar-refractivity contribution in [3.63, 3.8) is 0 Å². The second-order valence-electron chi connectivity index (χ2n) is 4.88. The van der Waals surface area contributed by atoms with Gasteiger partial charge in [0.15, 0.2) is 5.78 Å². The third kappa shape index (κ3) is 3.56. The van der Waals surface area contributed by atoms with Crippen molar-refractivity contribution in [3.8, 4) is 0 Å². The minimum absolute atomic E-state index is 0.141. The van der Waals surface area contributed by atoms with Crippen molar-refractivity contribution in [1.82, 2.24) is 5.32 Å². The molecule has 1 fully saturated rings. The Bertz CT molecular complexity index is 450. The fourth-order valence-corrected chi connectivity index (χ4v) is 2.44. The monoisotopic (exact) mass is 271 g/mol. The topological polar surface area (TPSA) is 29.1 Å². The molecule has 1 heterocycles. The van der Waals surface area contributed by atoms with Gasteiger partial charge in [-0.25, -0.2) is 0 Å². The number of rotatable bonds is 3. The summed E-state index contributed by atoms with van der Waals surface area (Å²) >= 11 is 0. The van der Waals surface area contributed by atoms with E-state index in [0.717, 1.165) is 25.5 Å². The Hall–Kier alpha value is -1.36. The largest absolute Gasteiger partial charge is 0.417 e. The summed E-state index contributed by atoms with van der Waals surface area (Å²) in [6, 6.07) is 5.01. The fraction of sp³-hybridized carbons (Fsp3) is 0.500. The summed E-state index contributed by atoms with van der Waals surface area (Å²) in [7, 11) is 0. The van der Waals surface area contributed by atoms with Gasteiger partial charge in [-0.1, -0.05) is 18.2 Å². The molecule has 0 aliphatic carbocycles. The van der Waals surface area contributed by atoms with Crippen molar-refractivity contribution in [1.29, 1.82) is 0 Å². The summed E-state index contributed by atoms with van der Waals surface area (Å²) in [4.78, 5) is 12.1. The maximum atomic E-state index is 12.8. The van der Waals surface area contributed by atoms with E-state index in [4.69, 9.17) is 0 Å². The zero-order valence-corrected chi connectivity index (χ0v) is 10.5. The lowest BCUT2D eigenvalue weighted by molar-refractivity contribution is -0.137. The highest BCUT2D eigenvalue weighted by Crippen LogP contribution is 2.33. The van der Waals surface area contributed by atoms with Crippen LogP contribution in [0.3, 0.4) is 0 Å². The van der Waals surface area contributed by atoms with Gasteiger partial charge in [0.25, 0.3) is 0 Å². The molecule has 0 saturated carbocycles. The Morgan fingerprint density at radius 3 is 2.68 bits per heavy atom. The molecule has 1 aromatic carbocycles. The van der Waals surface area contributed by atoms with Gasteiger partial charge in [-0.05, 0) is 37.9 Å². The van der Waals surface area contributed by atoms with E-state index in [9.17, 15) is 18.0 Å². The number of benzene rings is 1. The first kappa shape index (κ1) is 14.1. The van der Waals surface area contributed by atoms with Gasteiger partial charge in [0.1, 0.15) is 0 Å². The lowest BCUT2D eigenvalue weighted by Crippen LogP contribution is -2.31. The first-order valence-electron chi connectivity index (χ1n) is 6.38. The normalized spacial score (nSPS) is 20.3. The van der Waals surface area contributed by atoms with Gasteiger partial charge in [-0.15, -0.1) is 0 Å². The van der Waals surface area contributed by atoms with E-state index < -0.39 is 17.5 Å². The highest BCUT2D eigenvalue weighted by molar-refractivity contribution is 5.97. The van der Waals surface area contributed by atoms with E-state index >= 15 is 0 Å². The minimum Gasteiger partial charge on any atom is -0.316 e. The van der Waals surface area contributed by atoms with Crippen LogP contribution in [0.25, 0.3) is 0 Å². The molecule has 5 heteroatoms. The van der Waals surface area contributed by atoms with Crippen molar-refractivity contribution in [3.05, 3.63) is 35.4 Å². The Balaban J connectivity index is 2.14. The van der Waals surface area contributed by atoms with E-state index in [1.165, 1.54) is 18.2 Å². The quantitative estimate of drug-likeness (QED) is 0.855. The predicted octanol–water partition coefficient (Wildman–Crippen LogP) is 3.28. The molecule has 2 nitrogen and oxygen atoms in total. The van der Waals surface area contributed by atoms with Crippen LogP contribution in [0, 0.1) is 5.92 Å². The van der Waals surface area contributed by atoms with Crippen LogP contribution in [0.2, 0.25) is 0 Å². The summed E-state index contributed by atoms with van der Waals surface area (Å²) in [5.74, 6) is -0.274. The van der Waals surface area contributed by atoms with Gasteiger partial charge < -0.3 is 5.32 Å². The molecule has 0 amide bonds. The van der Waals surface area contributed by atoms with Crippen molar-refractivity contribution >= 4 is 5.78 Å². The summed E-state index contributed by atoms with van der Waals surface area (Å²) in [6.45, 7) is 1.63. The molecule has 2 rings (SSSR count). The smallest absolute Gasteiger partial charge is 0.316 e. The summed E-state index contributed by atoms with van der Waals surface area (Å²) in [5.41, 5.74) is -1.04. The van der Waals surface area contributed by atoms with Crippen LogP contribution in [-0.2, 0) is 6.18 Å². The third-order valence-electron chi connectivity index (χ3n) is 3.41. The van der Waals surface area contributed by atoms with Crippen molar-refractivity contribution in [2.24, 2.45) is 5.92 Å². The first-order valence-corrected chi connectivity index (χ1v) is 6.38. The molecule has 19 heavy (non-hydrogen) atoms. The van der Waals surface area contributed by atoms with Crippen LogP contribution in [0.5, 0.6) is 0 Å². The molecular weight excluding hydrogens is 255 g/mol. The average molecular weight is 271 g/mol. The van der Waals surface area contributed by atoms with Crippen LogP contribution in [0.4, 0.5) is 13.2 Å². The molecule has 1 aromatic rings. The standard InChI is InChI=1S/C14H16F3NO/c15-14(16,17)12-6-2-1-5-11(12)13(19)8-10-4-3-7-18-9-10/h1-2,5-6,10,18H,3-4,7-9H2. The number of alkyl halides is 3. The molecule has 1 N–H and O–H groups in total. The Kier molecular flexibility index (Phi) is 4.24. The summed E-state index contributed by atoms with van der Waals surface area (Å²) < 4.78 is 38.5. The molecule has 0 bridgehead atoms. The van der Waals surface area contributed by atoms with Crippen molar-refractivity contribution in [2.45, 2.75) is 25.4 Å². The molecule has 0 spiro atoms. The molecular formula is C14H16F3NO. The average Bonchev–Trinajstić information content (AvgIpc) is 2.39. The van der Waals surface area contributed by atoms with E-state index in [0.29, 0.717) is 6.54 Å². The number of ketones is 1. The number of nitrogens with one attached hydrogen (secondary N) is 1. The van der Waals surface area contributed by atoms with Crippen LogP contribution < -0.4 is 5.32 Å². The Morgan fingerprint density at radius 1 is 1.32 bits per heavy atom. The number of halogens is 3. The van der Waals surface area contributed by atoms with E-state index in [1.54, 1.807) is 0 Å². The summed E-state index contributed by atoms with van der Waals surface area (Å²) in [6.07, 6.45) is -2.43. The van der Waals surface area contributed by atoms with E-state index in [-0.39, 0.29) is 17.9 Å². The molecule has 1 saturated heterocycles. The maximum Gasteiger partial charge on any atom is 0.417 e. The second kappa shape index (κ2) is 5.74. The molecule has 0 aromatic heterocycles. The van der Waals surface area contributed by atoms with Crippen molar-refractivity contribution < 1.29 is 18.0 Å². The Labute approximate surface area is 110 Å². The molecule has 104 valence electrons. The highest BCUT2D eigenvalue weighted by atomic mass is 19.4. The van der Waals surface area contributed by atoms with Gasteiger partial charge in [-0.2, -0.15) is 13.2 Å². The SMILES string of the molecule is O=C(CC1CCCNC1)c1ccccc1C(F)(F)F. The van der Waals surface area contributed by atoms with E-state index in [2.05, 4.69) is 5.32 Å². The number of hydrogen-bond donors (Lipinski definition) is 1. The number of hydrogen-bond acceptors (Lipinski definition) is 2. The third-order valence-corrected chi connectivity index (χ3v) is 3.41. The van der Waals surface area contributed by atoms with Crippen LogP contribution in [0.1, 0.15) is 35.2 Å². The predicted molar refractivity (Wildman–Crippen MR) is 66.0 cm³/mol. The van der Waals surface area contributed by atoms with Gasteiger partial charge in [-0.3, -0.25) is 4.79 Å². The number of carbonyl (C=O) groups excluding carboxylic acids is 1.